The van der Waals surface area contributed by atoms with E-state index < -0.39 is 0 Å². The molecule has 0 radical (unpaired) electrons. The molecule has 0 spiro atoms. The number of thiocarbonyl (C=S) groups is 1. The Morgan fingerprint density at radius 3 is 3.00 bits per heavy atom. The van der Waals surface area contributed by atoms with Crippen LogP contribution in [0, 0.1) is 0 Å². The minimum Gasteiger partial charge on any atom is -0.345 e. The quantitative estimate of drug-likeness (QED) is 0.512. The van der Waals surface area contributed by atoms with Gasteiger partial charge in [-0.1, -0.05) is 6.07 Å². The lowest BCUT2D eigenvalue weighted by Gasteiger charge is -2.34. The Hall–Kier alpha value is -1.49. The fourth-order valence-electron chi connectivity index (χ4n) is 2.23. The summed E-state index contributed by atoms with van der Waals surface area (Å²) in [4.78, 5) is 6.47. The molecule has 0 aromatic carbocycles. The molecular weight excluding hydrogens is 256 g/mol. The van der Waals surface area contributed by atoms with Crippen LogP contribution < -0.4 is 5.43 Å². The molecule has 0 aliphatic carbocycles. The molecule has 1 fully saturated rings. The van der Waals surface area contributed by atoms with Crippen LogP contribution in [0.2, 0.25) is 0 Å². The zero-order valence-electron chi connectivity index (χ0n) is 11.5. The Morgan fingerprint density at radius 1 is 1.47 bits per heavy atom. The standard InChI is InChI=1S/C14H20N4S/c1-11-7-4-6-10-18(11)14(19)17-16-12(2)13-8-3-5-9-15-13/h3,5,8-9,11H,4,6-7,10H2,1-2H3,(H,17,19)/b16-12-/t11-/m1/s1. The molecule has 1 saturated heterocycles. The molecule has 0 unspecified atom stereocenters. The lowest BCUT2D eigenvalue weighted by molar-refractivity contribution is 0.256. The zero-order chi connectivity index (χ0) is 13.7. The van der Waals surface area contributed by atoms with Gasteiger partial charge in [-0.3, -0.25) is 10.4 Å². The number of aromatic nitrogens is 1. The summed E-state index contributed by atoms with van der Waals surface area (Å²) in [5.74, 6) is 0. The highest BCUT2D eigenvalue weighted by atomic mass is 32.1. The van der Waals surface area contributed by atoms with Crippen molar-refractivity contribution in [3.05, 3.63) is 30.1 Å². The minimum absolute atomic E-state index is 0.499. The molecule has 1 N–H and O–H groups in total. The van der Waals surface area contributed by atoms with Crippen molar-refractivity contribution >= 4 is 23.0 Å². The van der Waals surface area contributed by atoms with E-state index in [1.165, 1.54) is 19.3 Å². The van der Waals surface area contributed by atoms with Crippen LogP contribution in [0.1, 0.15) is 38.8 Å². The van der Waals surface area contributed by atoms with Gasteiger partial charge in [0.05, 0.1) is 11.4 Å². The molecule has 0 saturated carbocycles. The van der Waals surface area contributed by atoms with E-state index in [0.717, 1.165) is 18.0 Å². The maximum absolute atomic E-state index is 5.41. The summed E-state index contributed by atoms with van der Waals surface area (Å²) in [6, 6.07) is 6.28. The molecule has 1 aromatic heterocycles. The van der Waals surface area contributed by atoms with E-state index in [1.807, 2.05) is 25.1 Å². The summed E-state index contributed by atoms with van der Waals surface area (Å²) >= 11 is 5.41. The lowest BCUT2D eigenvalue weighted by Crippen LogP contribution is -2.46. The van der Waals surface area contributed by atoms with Crippen LogP contribution in [0.5, 0.6) is 0 Å². The number of nitrogens with one attached hydrogen (secondary N) is 1. The van der Waals surface area contributed by atoms with Gasteiger partial charge in [0.25, 0.3) is 0 Å². The first-order valence-electron chi connectivity index (χ1n) is 6.71. The minimum atomic E-state index is 0.499. The third-order valence-corrected chi connectivity index (χ3v) is 3.74. The van der Waals surface area contributed by atoms with E-state index in [2.05, 4.69) is 27.3 Å². The molecule has 2 rings (SSSR count). The van der Waals surface area contributed by atoms with Crippen LogP contribution in [0.25, 0.3) is 0 Å². The largest absolute Gasteiger partial charge is 0.345 e. The molecule has 1 aromatic rings. The van der Waals surface area contributed by atoms with Crippen molar-refractivity contribution < 1.29 is 0 Å². The molecule has 19 heavy (non-hydrogen) atoms. The maximum atomic E-state index is 5.41. The van der Waals surface area contributed by atoms with Crippen LogP contribution in [0.4, 0.5) is 0 Å². The Bertz CT molecular complexity index is 458. The second kappa shape index (κ2) is 6.61. The first-order valence-corrected chi connectivity index (χ1v) is 7.11. The summed E-state index contributed by atoms with van der Waals surface area (Å²) < 4.78 is 0. The van der Waals surface area contributed by atoms with Gasteiger partial charge in [-0.2, -0.15) is 5.10 Å². The Balaban J connectivity index is 1.96. The molecule has 102 valence electrons. The summed E-state index contributed by atoms with van der Waals surface area (Å²) in [6.07, 6.45) is 5.45. The number of pyridine rings is 1. The molecule has 1 atom stereocenters. The maximum Gasteiger partial charge on any atom is 0.189 e. The predicted octanol–water partition coefficient (Wildman–Crippen LogP) is 2.55. The normalized spacial score (nSPS) is 20.2. The monoisotopic (exact) mass is 276 g/mol. The van der Waals surface area contributed by atoms with Crippen LogP contribution >= 0.6 is 12.2 Å². The number of hydrogen-bond acceptors (Lipinski definition) is 3. The number of rotatable bonds is 2. The molecule has 4 nitrogen and oxygen atoms in total. The average molecular weight is 276 g/mol. The first kappa shape index (κ1) is 13.9. The summed E-state index contributed by atoms with van der Waals surface area (Å²) in [5.41, 5.74) is 4.69. The van der Waals surface area contributed by atoms with Crippen molar-refractivity contribution in [3.63, 3.8) is 0 Å². The van der Waals surface area contributed by atoms with Gasteiger partial charge in [0.1, 0.15) is 0 Å². The molecule has 0 bridgehead atoms. The van der Waals surface area contributed by atoms with Crippen molar-refractivity contribution in [1.82, 2.24) is 15.3 Å². The highest BCUT2D eigenvalue weighted by Gasteiger charge is 2.20. The summed E-state index contributed by atoms with van der Waals surface area (Å²) in [6.45, 7) is 5.16. The Labute approximate surface area is 119 Å². The van der Waals surface area contributed by atoms with Gasteiger partial charge in [0.15, 0.2) is 5.11 Å². The van der Waals surface area contributed by atoms with Crippen molar-refractivity contribution in [2.24, 2.45) is 5.10 Å². The van der Waals surface area contributed by atoms with E-state index in [9.17, 15) is 0 Å². The van der Waals surface area contributed by atoms with Gasteiger partial charge in [-0.25, -0.2) is 0 Å². The van der Waals surface area contributed by atoms with Gasteiger partial charge in [0.2, 0.25) is 0 Å². The third kappa shape index (κ3) is 3.73. The SMILES string of the molecule is C/C(=N/NC(=S)N1CCCC[C@H]1C)c1ccccn1. The smallest absolute Gasteiger partial charge is 0.189 e. The van der Waals surface area contributed by atoms with Gasteiger partial charge < -0.3 is 4.90 Å². The van der Waals surface area contributed by atoms with E-state index in [0.29, 0.717) is 11.2 Å². The van der Waals surface area contributed by atoms with Crippen molar-refractivity contribution in [2.75, 3.05) is 6.54 Å². The average Bonchev–Trinajstić information content (AvgIpc) is 2.46. The second-order valence-electron chi connectivity index (χ2n) is 4.87. The Kier molecular flexibility index (Phi) is 4.85. The van der Waals surface area contributed by atoms with Crippen molar-refractivity contribution in [2.45, 2.75) is 39.2 Å². The molecular formula is C14H20N4S. The topological polar surface area (TPSA) is 40.5 Å². The number of hydrazone groups is 1. The second-order valence-corrected chi connectivity index (χ2v) is 5.25. The van der Waals surface area contributed by atoms with Crippen LogP contribution in [0.15, 0.2) is 29.5 Å². The number of piperidine rings is 1. The summed E-state index contributed by atoms with van der Waals surface area (Å²) in [5, 5.41) is 5.04. The zero-order valence-corrected chi connectivity index (χ0v) is 12.3. The highest BCUT2D eigenvalue weighted by molar-refractivity contribution is 7.80. The third-order valence-electron chi connectivity index (χ3n) is 3.42. The fraction of sp³-hybridized carbons (Fsp3) is 0.500. The molecule has 0 amide bonds. The fourth-order valence-corrected chi connectivity index (χ4v) is 2.55. The number of hydrogen-bond donors (Lipinski definition) is 1. The van der Waals surface area contributed by atoms with Gasteiger partial charge in [-0.15, -0.1) is 0 Å². The van der Waals surface area contributed by atoms with Crippen LogP contribution in [-0.4, -0.2) is 33.3 Å². The molecule has 1 aliphatic heterocycles. The van der Waals surface area contributed by atoms with Crippen molar-refractivity contribution in [3.8, 4) is 0 Å². The van der Waals surface area contributed by atoms with Crippen LogP contribution in [-0.2, 0) is 0 Å². The van der Waals surface area contributed by atoms with Gasteiger partial charge in [-0.05, 0) is 57.5 Å². The first-order chi connectivity index (χ1) is 9.18. The van der Waals surface area contributed by atoms with Gasteiger partial charge in [0, 0.05) is 18.8 Å². The van der Waals surface area contributed by atoms with Crippen molar-refractivity contribution in [1.29, 1.82) is 0 Å². The van der Waals surface area contributed by atoms with Gasteiger partial charge >= 0.3 is 0 Å². The number of likely N-dealkylation sites (tertiary alicyclic amines) is 1. The molecule has 2 heterocycles. The summed E-state index contributed by atoms with van der Waals surface area (Å²) in [7, 11) is 0. The van der Waals surface area contributed by atoms with E-state index >= 15 is 0 Å². The molecule has 1 aliphatic rings. The van der Waals surface area contributed by atoms with Crippen LogP contribution in [0.3, 0.4) is 0 Å². The highest BCUT2D eigenvalue weighted by Crippen LogP contribution is 2.16. The van der Waals surface area contributed by atoms with E-state index in [4.69, 9.17) is 12.2 Å². The van der Waals surface area contributed by atoms with E-state index in [1.54, 1.807) is 6.20 Å². The predicted molar refractivity (Wildman–Crippen MR) is 82.2 cm³/mol. The lowest BCUT2D eigenvalue weighted by atomic mass is 10.0. The number of nitrogens with zero attached hydrogens (tertiary/aromatic N) is 3. The Morgan fingerprint density at radius 2 is 2.32 bits per heavy atom. The van der Waals surface area contributed by atoms with E-state index in [-0.39, 0.29) is 0 Å². The molecule has 5 heteroatoms.